The maximum absolute atomic E-state index is 12.2. The normalized spacial score (nSPS) is 26.6. The Kier molecular flexibility index (Phi) is 3.19. The second-order valence-corrected chi connectivity index (χ2v) is 3.39. The molecule has 3 nitrogen and oxygen atoms in total. The lowest BCUT2D eigenvalue weighted by atomic mass is 10.1. The monoisotopic (exact) mass is 193 g/mol. The molecule has 1 aliphatic rings. The van der Waals surface area contributed by atoms with Crippen LogP contribution in [0.2, 0.25) is 0 Å². The summed E-state index contributed by atoms with van der Waals surface area (Å²) >= 11 is 0. The molecule has 13 heavy (non-hydrogen) atoms. The minimum absolute atomic E-state index is 0.200. The summed E-state index contributed by atoms with van der Waals surface area (Å²) < 4.78 is 24.4. The Bertz CT molecular complexity index is 199. The van der Waals surface area contributed by atoms with Crippen LogP contribution in [0.5, 0.6) is 0 Å². The van der Waals surface area contributed by atoms with Crippen molar-refractivity contribution in [2.24, 2.45) is 5.92 Å². The van der Waals surface area contributed by atoms with Gasteiger partial charge in [0.15, 0.2) is 0 Å². The lowest BCUT2D eigenvalue weighted by Crippen LogP contribution is -2.37. The number of carbonyl (C=O) groups is 1. The maximum Gasteiger partial charge on any atom is 0.320 e. The van der Waals surface area contributed by atoms with Crippen molar-refractivity contribution in [3.63, 3.8) is 0 Å². The molecule has 1 heterocycles. The molecule has 0 aliphatic carbocycles. The third kappa shape index (κ3) is 2.37. The molecule has 1 N–H and O–H groups in total. The first-order valence-corrected chi connectivity index (χ1v) is 4.27. The van der Waals surface area contributed by atoms with Gasteiger partial charge in [-0.05, 0) is 19.9 Å². The molecule has 5 heteroatoms. The van der Waals surface area contributed by atoms with Crippen molar-refractivity contribution in [2.45, 2.75) is 25.8 Å². The smallest absolute Gasteiger partial charge is 0.320 e. The Morgan fingerprint density at radius 3 is 2.62 bits per heavy atom. The fraction of sp³-hybridized carbons (Fsp3) is 0.875. The number of rotatable bonds is 3. The highest BCUT2D eigenvalue weighted by molar-refractivity contribution is 5.72. The molecule has 2 atom stereocenters. The molecule has 1 fully saturated rings. The Labute approximate surface area is 75.3 Å². The topological polar surface area (TPSA) is 40.5 Å². The molecule has 1 saturated heterocycles. The molecule has 0 bridgehead atoms. The first-order valence-electron chi connectivity index (χ1n) is 4.27. The summed E-state index contributed by atoms with van der Waals surface area (Å²) in [5.41, 5.74) is 0. The van der Waals surface area contributed by atoms with Gasteiger partial charge in [-0.3, -0.25) is 9.69 Å². The molecule has 0 spiro atoms. The second-order valence-electron chi connectivity index (χ2n) is 3.39. The molecule has 0 aromatic heterocycles. The van der Waals surface area contributed by atoms with Crippen LogP contribution in [0.25, 0.3) is 0 Å². The van der Waals surface area contributed by atoms with E-state index in [2.05, 4.69) is 0 Å². The van der Waals surface area contributed by atoms with Gasteiger partial charge in [0.05, 0.1) is 0 Å². The van der Waals surface area contributed by atoms with Gasteiger partial charge in [-0.1, -0.05) is 0 Å². The quantitative estimate of drug-likeness (QED) is 0.728. The Morgan fingerprint density at radius 1 is 1.62 bits per heavy atom. The van der Waals surface area contributed by atoms with Gasteiger partial charge in [0, 0.05) is 12.5 Å². The fourth-order valence-corrected chi connectivity index (χ4v) is 1.53. The van der Waals surface area contributed by atoms with Crippen LogP contribution in [0, 0.1) is 5.92 Å². The Hall–Kier alpha value is -0.710. The van der Waals surface area contributed by atoms with E-state index in [4.69, 9.17) is 5.11 Å². The highest BCUT2D eigenvalue weighted by Crippen LogP contribution is 2.24. The molecule has 0 amide bonds. The molecule has 0 saturated carbocycles. The van der Waals surface area contributed by atoms with Gasteiger partial charge < -0.3 is 5.11 Å². The average Bonchev–Trinajstić information content (AvgIpc) is 2.50. The molecule has 1 rings (SSSR count). The van der Waals surface area contributed by atoms with Gasteiger partial charge in [-0.25, -0.2) is 8.78 Å². The van der Waals surface area contributed by atoms with E-state index < -0.39 is 24.4 Å². The van der Waals surface area contributed by atoms with Crippen molar-refractivity contribution >= 4 is 5.97 Å². The summed E-state index contributed by atoms with van der Waals surface area (Å²) in [7, 11) is 0. The Balaban J connectivity index is 2.45. The third-order valence-corrected chi connectivity index (χ3v) is 2.52. The van der Waals surface area contributed by atoms with Gasteiger partial charge in [0.2, 0.25) is 6.43 Å². The molecular weight excluding hydrogens is 180 g/mol. The van der Waals surface area contributed by atoms with Crippen molar-refractivity contribution < 1.29 is 18.7 Å². The van der Waals surface area contributed by atoms with Crippen molar-refractivity contribution in [1.29, 1.82) is 0 Å². The van der Waals surface area contributed by atoms with Crippen LogP contribution < -0.4 is 0 Å². The summed E-state index contributed by atoms with van der Waals surface area (Å²) in [5.74, 6) is -1.60. The van der Waals surface area contributed by atoms with Crippen LogP contribution in [0.4, 0.5) is 8.78 Å². The fourth-order valence-electron chi connectivity index (χ4n) is 1.53. The number of alkyl halides is 2. The number of carboxylic acid groups (broad SMARTS) is 1. The number of carboxylic acids is 1. The number of aliphatic carboxylic acids is 1. The van der Waals surface area contributed by atoms with Gasteiger partial charge in [-0.2, -0.15) is 0 Å². The first-order chi connectivity index (χ1) is 6.02. The zero-order valence-corrected chi connectivity index (χ0v) is 7.41. The van der Waals surface area contributed by atoms with Crippen molar-refractivity contribution in [2.75, 3.05) is 13.1 Å². The van der Waals surface area contributed by atoms with Gasteiger partial charge in [0.25, 0.3) is 0 Å². The summed E-state index contributed by atoms with van der Waals surface area (Å²) in [6, 6.07) is -0.649. The van der Waals surface area contributed by atoms with E-state index in [0.29, 0.717) is 13.0 Å². The largest absolute Gasteiger partial charge is 0.480 e. The number of halogens is 2. The van der Waals surface area contributed by atoms with E-state index in [1.807, 2.05) is 0 Å². The predicted molar refractivity (Wildman–Crippen MR) is 42.8 cm³/mol. The van der Waals surface area contributed by atoms with Crippen LogP contribution in [-0.4, -0.2) is 41.5 Å². The van der Waals surface area contributed by atoms with E-state index >= 15 is 0 Å². The molecule has 0 radical (unpaired) electrons. The SMILES string of the molecule is CC(C(=O)O)N1CCC(C(F)F)C1. The summed E-state index contributed by atoms with van der Waals surface area (Å²) in [5, 5.41) is 8.64. The van der Waals surface area contributed by atoms with Crippen LogP contribution in [0.15, 0.2) is 0 Å². The number of nitrogens with zero attached hydrogens (tertiary/aromatic N) is 1. The number of likely N-dealkylation sites (tertiary alicyclic amines) is 1. The molecule has 2 unspecified atom stereocenters. The van der Waals surface area contributed by atoms with Crippen molar-refractivity contribution in [3.05, 3.63) is 0 Å². The molecule has 0 aromatic rings. The predicted octanol–water partition coefficient (Wildman–Crippen LogP) is 1.05. The standard InChI is InChI=1S/C8H13F2NO2/c1-5(8(12)13)11-3-2-6(4-11)7(9)10/h5-7H,2-4H2,1H3,(H,12,13). The van der Waals surface area contributed by atoms with E-state index in [1.54, 1.807) is 4.90 Å². The van der Waals surface area contributed by atoms with Crippen LogP contribution in [0.3, 0.4) is 0 Å². The highest BCUT2D eigenvalue weighted by atomic mass is 19.3. The number of hydrogen-bond donors (Lipinski definition) is 1. The highest BCUT2D eigenvalue weighted by Gasteiger charge is 2.33. The molecule has 76 valence electrons. The van der Waals surface area contributed by atoms with E-state index in [-0.39, 0.29) is 6.54 Å². The van der Waals surface area contributed by atoms with Crippen LogP contribution in [0.1, 0.15) is 13.3 Å². The summed E-state index contributed by atoms with van der Waals surface area (Å²) in [4.78, 5) is 12.1. The van der Waals surface area contributed by atoms with Crippen molar-refractivity contribution in [3.8, 4) is 0 Å². The van der Waals surface area contributed by atoms with E-state index in [0.717, 1.165) is 0 Å². The van der Waals surface area contributed by atoms with Gasteiger partial charge in [0.1, 0.15) is 6.04 Å². The lowest BCUT2D eigenvalue weighted by Gasteiger charge is -2.20. The minimum Gasteiger partial charge on any atom is -0.480 e. The van der Waals surface area contributed by atoms with E-state index in [1.165, 1.54) is 6.92 Å². The summed E-state index contributed by atoms with van der Waals surface area (Å²) in [6.07, 6.45) is -1.93. The molecular formula is C8H13F2NO2. The number of hydrogen-bond acceptors (Lipinski definition) is 2. The minimum atomic E-state index is -2.33. The molecule has 1 aliphatic heterocycles. The molecule has 0 aromatic carbocycles. The van der Waals surface area contributed by atoms with E-state index in [9.17, 15) is 13.6 Å². The third-order valence-electron chi connectivity index (χ3n) is 2.52. The first kappa shape index (κ1) is 10.4. The van der Waals surface area contributed by atoms with Crippen LogP contribution >= 0.6 is 0 Å². The maximum atomic E-state index is 12.2. The average molecular weight is 193 g/mol. The lowest BCUT2D eigenvalue weighted by molar-refractivity contribution is -0.142. The zero-order valence-electron chi connectivity index (χ0n) is 7.41. The van der Waals surface area contributed by atoms with Crippen molar-refractivity contribution in [1.82, 2.24) is 4.90 Å². The van der Waals surface area contributed by atoms with Gasteiger partial charge >= 0.3 is 5.97 Å². The zero-order chi connectivity index (χ0) is 10.0. The second kappa shape index (κ2) is 4.00. The summed E-state index contributed by atoms with van der Waals surface area (Å²) in [6.45, 7) is 2.18. The van der Waals surface area contributed by atoms with Gasteiger partial charge in [-0.15, -0.1) is 0 Å². The Morgan fingerprint density at radius 2 is 2.23 bits per heavy atom. The van der Waals surface area contributed by atoms with Crippen LogP contribution in [-0.2, 0) is 4.79 Å².